The zero-order valence-electron chi connectivity index (χ0n) is 20.9. The van der Waals surface area contributed by atoms with Crippen molar-refractivity contribution in [1.29, 1.82) is 0 Å². The summed E-state index contributed by atoms with van der Waals surface area (Å²) >= 11 is 3.16. The monoisotopic (exact) mass is 656 g/mol. The van der Waals surface area contributed by atoms with Crippen LogP contribution in [0.3, 0.4) is 0 Å². The molecule has 1 atom stereocenters. The molecule has 1 aromatic heterocycles. The lowest BCUT2D eigenvalue weighted by atomic mass is 9.93. The highest BCUT2D eigenvalue weighted by molar-refractivity contribution is 14.1. The molecule has 0 radical (unpaired) electrons. The van der Waals surface area contributed by atoms with Crippen molar-refractivity contribution in [2.45, 2.75) is 13.0 Å². The number of aromatic hydroxyl groups is 1. The number of phenolic OH excluding ortho intramolecular Hbond substituents is 1. The van der Waals surface area contributed by atoms with Gasteiger partial charge in [-0.05, 0) is 71.0 Å². The molecule has 1 aliphatic heterocycles. The van der Waals surface area contributed by atoms with Gasteiger partial charge in [0.15, 0.2) is 16.3 Å². The minimum absolute atomic E-state index is 0.0135. The Morgan fingerprint density at radius 2 is 1.90 bits per heavy atom. The van der Waals surface area contributed by atoms with Crippen LogP contribution in [-0.4, -0.2) is 29.4 Å². The zero-order valence-corrected chi connectivity index (χ0v) is 23.8. The van der Waals surface area contributed by atoms with E-state index < -0.39 is 17.8 Å². The Balaban J connectivity index is 1.82. The van der Waals surface area contributed by atoms with E-state index in [0.717, 1.165) is 0 Å². The molecule has 0 unspecified atom stereocenters. The Hall–Kier alpha value is -3.77. The number of benzene rings is 3. The van der Waals surface area contributed by atoms with Gasteiger partial charge in [-0.1, -0.05) is 53.8 Å². The molecule has 10 heteroatoms. The van der Waals surface area contributed by atoms with E-state index in [-0.39, 0.29) is 29.2 Å². The number of hydrogen-bond donors (Lipinski definition) is 1. The summed E-state index contributed by atoms with van der Waals surface area (Å²) in [6.45, 7) is 1.84. The molecule has 4 aromatic rings. The molecular weight excluding hydrogens is 634 g/mol. The molecule has 2 heterocycles. The van der Waals surface area contributed by atoms with Gasteiger partial charge in [-0.25, -0.2) is 14.2 Å². The van der Waals surface area contributed by atoms with Crippen molar-refractivity contribution in [1.82, 2.24) is 4.57 Å². The van der Waals surface area contributed by atoms with Crippen molar-refractivity contribution in [2.75, 3.05) is 13.7 Å². The third-order valence-electron chi connectivity index (χ3n) is 6.13. The molecule has 198 valence electrons. The SMILES string of the molecule is CCOC(=O)C1=C(c2ccccc2)N=c2s/c(=C\c3cc(I)c(O)c(OC)c3)c(=O)n2[C@@H]1c1ccc(F)cc1. The molecule has 0 fully saturated rings. The number of methoxy groups -OCH3 is 1. The van der Waals surface area contributed by atoms with Gasteiger partial charge in [-0.2, -0.15) is 0 Å². The maximum atomic E-state index is 13.9. The Bertz CT molecular complexity index is 1780. The van der Waals surface area contributed by atoms with Crippen LogP contribution in [0.15, 0.2) is 82.1 Å². The van der Waals surface area contributed by atoms with Gasteiger partial charge in [0, 0.05) is 5.56 Å². The normalized spacial score (nSPS) is 15.1. The second kappa shape index (κ2) is 11.1. The largest absolute Gasteiger partial charge is 0.504 e. The molecule has 3 aromatic carbocycles. The van der Waals surface area contributed by atoms with Gasteiger partial charge < -0.3 is 14.6 Å². The van der Waals surface area contributed by atoms with Crippen LogP contribution in [0.4, 0.5) is 4.39 Å². The fourth-order valence-electron chi connectivity index (χ4n) is 4.38. The van der Waals surface area contributed by atoms with E-state index in [1.165, 1.54) is 35.1 Å². The fraction of sp³-hybridized carbons (Fsp3) is 0.138. The average Bonchev–Trinajstić information content (AvgIpc) is 3.25. The first-order valence-electron chi connectivity index (χ1n) is 11.9. The molecule has 0 aliphatic carbocycles. The first kappa shape index (κ1) is 26.8. The summed E-state index contributed by atoms with van der Waals surface area (Å²) < 4.78 is 27.0. The lowest BCUT2D eigenvalue weighted by molar-refractivity contribution is -0.138. The molecule has 1 N–H and O–H groups in total. The van der Waals surface area contributed by atoms with Gasteiger partial charge in [0.1, 0.15) is 5.82 Å². The first-order valence-corrected chi connectivity index (χ1v) is 13.8. The molecule has 7 nitrogen and oxygen atoms in total. The Kier molecular flexibility index (Phi) is 7.67. The summed E-state index contributed by atoms with van der Waals surface area (Å²) in [6.07, 6.45) is 1.69. The van der Waals surface area contributed by atoms with E-state index in [0.29, 0.717) is 35.3 Å². The standard InChI is InChI=1S/C29H22FIN2O5S/c1-3-38-28(36)23-24(17-7-5-4-6-8-17)32-29-33(25(23)18-9-11-19(30)12-10-18)27(35)22(39-29)15-16-13-20(31)26(34)21(14-16)37-2/h4-15,25,34H,3H2,1-2H3/b22-15-/t25-/m1/s1. The summed E-state index contributed by atoms with van der Waals surface area (Å²) in [5.74, 6) is -0.755. The van der Waals surface area contributed by atoms with Crippen LogP contribution in [0.2, 0.25) is 0 Å². The predicted octanol–water partition coefficient (Wildman–Crippen LogP) is 4.39. The summed E-state index contributed by atoms with van der Waals surface area (Å²) in [5, 5.41) is 10.2. The second-order valence-electron chi connectivity index (χ2n) is 8.54. The van der Waals surface area contributed by atoms with Crippen molar-refractivity contribution in [2.24, 2.45) is 4.99 Å². The van der Waals surface area contributed by atoms with Crippen molar-refractivity contribution in [3.63, 3.8) is 0 Å². The number of ether oxygens (including phenoxy) is 2. The van der Waals surface area contributed by atoms with Crippen molar-refractivity contribution >= 4 is 51.7 Å². The number of halogens is 2. The predicted molar refractivity (Wildman–Crippen MR) is 155 cm³/mol. The molecule has 0 spiro atoms. The molecule has 39 heavy (non-hydrogen) atoms. The first-order chi connectivity index (χ1) is 18.8. The third-order valence-corrected chi connectivity index (χ3v) is 7.93. The Morgan fingerprint density at radius 1 is 1.18 bits per heavy atom. The van der Waals surface area contributed by atoms with Gasteiger partial charge >= 0.3 is 5.97 Å². The summed E-state index contributed by atoms with van der Waals surface area (Å²) in [7, 11) is 1.45. The Morgan fingerprint density at radius 3 is 2.56 bits per heavy atom. The number of nitrogens with zero attached hydrogens (tertiary/aromatic N) is 2. The van der Waals surface area contributed by atoms with Crippen LogP contribution >= 0.6 is 33.9 Å². The third kappa shape index (κ3) is 5.13. The minimum Gasteiger partial charge on any atom is -0.504 e. The average molecular weight is 656 g/mol. The van der Waals surface area contributed by atoms with Gasteiger partial charge in [0.2, 0.25) is 0 Å². The molecule has 1 aliphatic rings. The van der Waals surface area contributed by atoms with Gasteiger partial charge in [-0.15, -0.1) is 0 Å². The number of phenols is 1. The molecule has 0 saturated carbocycles. The smallest absolute Gasteiger partial charge is 0.338 e. The quantitative estimate of drug-likeness (QED) is 0.246. The lowest BCUT2D eigenvalue weighted by Crippen LogP contribution is -2.40. The van der Waals surface area contributed by atoms with Crippen LogP contribution in [0, 0.1) is 9.39 Å². The van der Waals surface area contributed by atoms with E-state index in [1.807, 2.05) is 52.9 Å². The zero-order chi connectivity index (χ0) is 27.7. The van der Waals surface area contributed by atoms with Crippen LogP contribution < -0.4 is 19.6 Å². The summed E-state index contributed by atoms with van der Waals surface area (Å²) in [5.41, 5.74) is 2.07. The van der Waals surface area contributed by atoms with Crippen LogP contribution in [0.1, 0.15) is 29.7 Å². The number of thiazole rings is 1. The van der Waals surface area contributed by atoms with E-state index >= 15 is 0 Å². The van der Waals surface area contributed by atoms with E-state index in [9.17, 15) is 19.1 Å². The fourth-order valence-corrected chi connectivity index (χ4v) is 6.01. The molecule has 0 bridgehead atoms. The summed E-state index contributed by atoms with van der Waals surface area (Å²) in [6, 6.07) is 17.4. The number of rotatable bonds is 6. The number of carbonyl (C=O) groups is 1. The minimum atomic E-state index is -0.896. The number of aromatic nitrogens is 1. The molecule has 5 rings (SSSR count). The van der Waals surface area contributed by atoms with E-state index in [1.54, 1.807) is 37.3 Å². The Labute approximate surface area is 240 Å². The number of carbonyl (C=O) groups excluding carboxylic acids is 1. The van der Waals surface area contributed by atoms with Crippen molar-refractivity contribution in [3.05, 3.63) is 118 Å². The van der Waals surface area contributed by atoms with E-state index in [2.05, 4.69) is 0 Å². The molecule has 0 saturated heterocycles. The highest BCUT2D eigenvalue weighted by Gasteiger charge is 2.35. The van der Waals surface area contributed by atoms with Crippen LogP contribution in [0.25, 0.3) is 11.8 Å². The van der Waals surface area contributed by atoms with Crippen molar-refractivity contribution in [3.8, 4) is 11.5 Å². The topological polar surface area (TPSA) is 90.1 Å². The maximum absolute atomic E-state index is 13.9. The molecular formula is C29H22FIN2O5S. The van der Waals surface area contributed by atoms with Gasteiger partial charge in [0.05, 0.1) is 39.1 Å². The highest BCUT2D eigenvalue weighted by Crippen LogP contribution is 2.35. The molecule has 0 amide bonds. The van der Waals surface area contributed by atoms with E-state index in [4.69, 9.17) is 14.5 Å². The maximum Gasteiger partial charge on any atom is 0.338 e. The number of fused-ring (bicyclic) bond motifs is 1. The van der Waals surface area contributed by atoms with Crippen molar-refractivity contribution < 1.29 is 23.8 Å². The number of esters is 1. The van der Waals surface area contributed by atoms with Crippen LogP contribution in [0.5, 0.6) is 11.5 Å². The second-order valence-corrected chi connectivity index (χ2v) is 10.7. The van der Waals surface area contributed by atoms with Gasteiger partial charge in [0.25, 0.3) is 5.56 Å². The summed E-state index contributed by atoms with van der Waals surface area (Å²) in [4.78, 5) is 32.5. The highest BCUT2D eigenvalue weighted by atomic mass is 127. The van der Waals surface area contributed by atoms with Crippen LogP contribution in [-0.2, 0) is 9.53 Å². The number of hydrogen-bond acceptors (Lipinski definition) is 7. The van der Waals surface area contributed by atoms with Gasteiger partial charge in [-0.3, -0.25) is 9.36 Å². The lowest BCUT2D eigenvalue weighted by Gasteiger charge is -2.25.